The van der Waals surface area contributed by atoms with Crippen molar-refractivity contribution in [2.75, 3.05) is 43.1 Å². The molecular formula is C29H32N4O4. The van der Waals surface area contributed by atoms with Crippen LogP contribution in [0.25, 0.3) is 11.1 Å². The summed E-state index contributed by atoms with van der Waals surface area (Å²) in [6.07, 6.45) is 3.16. The molecule has 0 radical (unpaired) electrons. The van der Waals surface area contributed by atoms with E-state index in [1.165, 1.54) is 22.3 Å². The van der Waals surface area contributed by atoms with Gasteiger partial charge in [0.1, 0.15) is 5.75 Å². The molecule has 6 rings (SSSR count). The van der Waals surface area contributed by atoms with Crippen molar-refractivity contribution in [3.63, 3.8) is 0 Å². The van der Waals surface area contributed by atoms with Crippen molar-refractivity contribution < 1.29 is 19.4 Å². The maximum Gasteiger partial charge on any atom is 0.304 e. The highest BCUT2D eigenvalue weighted by molar-refractivity contribution is 5.74. The minimum Gasteiger partial charge on any atom is -0.493 e. The van der Waals surface area contributed by atoms with Crippen LogP contribution in [0.15, 0.2) is 36.4 Å². The lowest BCUT2D eigenvalue weighted by atomic mass is 9.95. The van der Waals surface area contributed by atoms with Gasteiger partial charge in [-0.15, -0.1) is 0 Å². The number of carbonyl (C=O) groups is 1. The number of morpholine rings is 1. The van der Waals surface area contributed by atoms with Gasteiger partial charge >= 0.3 is 5.97 Å². The largest absolute Gasteiger partial charge is 0.493 e. The molecule has 1 aliphatic carbocycles. The van der Waals surface area contributed by atoms with Crippen molar-refractivity contribution in [2.45, 2.75) is 45.1 Å². The molecule has 3 heterocycles. The van der Waals surface area contributed by atoms with Gasteiger partial charge < -0.3 is 24.8 Å². The number of anilines is 2. The van der Waals surface area contributed by atoms with Gasteiger partial charge in [0.25, 0.3) is 0 Å². The number of benzene rings is 2. The molecule has 2 N–H and O–H groups in total. The second kappa shape index (κ2) is 10.0. The monoisotopic (exact) mass is 500 g/mol. The molecule has 1 fully saturated rings. The third-order valence-electron chi connectivity index (χ3n) is 7.56. The number of aryl methyl sites for hydroxylation is 3. The van der Waals surface area contributed by atoms with Gasteiger partial charge in [-0.2, -0.15) is 0 Å². The molecule has 1 atom stereocenters. The minimum absolute atomic E-state index is 0.0829. The Morgan fingerprint density at radius 1 is 1.14 bits per heavy atom. The first-order valence-corrected chi connectivity index (χ1v) is 13.1. The molecule has 1 aromatic heterocycles. The first-order valence-electron chi connectivity index (χ1n) is 13.1. The Bertz CT molecular complexity index is 1340. The Morgan fingerprint density at radius 2 is 2.00 bits per heavy atom. The van der Waals surface area contributed by atoms with E-state index in [0.29, 0.717) is 13.2 Å². The zero-order valence-corrected chi connectivity index (χ0v) is 21.1. The van der Waals surface area contributed by atoms with Gasteiger partial charge in [0, 0.05) is 48.4 Å². The van der Waals surface area contributed by atoms with Gasteiger partial charge in [-0.25, -0.2) is 9.97 Å². The molecule has 0 spiro atoms. The number of fused-ring (bicyclic) bond motifs is 4. The quantitative estimate of drug-likeness (QED) is 0.516. The van der Waals surface area contributed by atoms with E-state index in [-0.39, 0.29) is 12.3 Å². The van der Waals surface area contributed by atoms with Crippen LogP contribution in [0.2, 0.25) is 0 Å². The van der Waals surface area contributed by atoms with Crippen LogP contribution in [0, 0.1) is 6.92 Å². The first kappa shape index (κ1) is 23.7. The number of rotatable bonds is 6. The number of aromatic nitrogens is 2. The van der Waals surface area contributed by atoms with Crippen LogP contribution in [0.5, 0.6) is 5.75 Å². The van der Waals surface area contributed by atoms with Crippen LogP contribution in [0.4, 0.5) is 11.6 Å². The number of carboxylic acid groups (broad SMARTS) is 1. The van der Waals surface area contributed by atoms with Gasteiger partial charge in [-0.1, -0.05) is 18.2 Å². The van der Waals surface area contributed by atoms with E-state index in [4.69, 9.17) is 24.5 Å². The smallest absolute Gasteiger partial charge is 0.304 e. The van der Waals surface area contributed by atoms with Crippen LogP contribution in [-0.2, 0) is 28.9 Å². The molecule has 0 saturated carbocycles. The fraction of sp³-hybridized carbons (Fsp3) is 0.414. The normalized spacial score (nSPS) is 18.3. The maximum atomic E-state index is 11.1. The average Bonchev–Trinajstić information content (AvgIpc) is 3.19. The van der Waals surface area contributed by atoms with Crippen LogP contribution in [-0.4, -0.2) is 54.0 Å². The Labute approximate surface area is 216 Å². The molecule has 3 aromatic rings. The summed E-state index contributed by atoms with van der Waals surface area (Å²) in [6.45, 7) is 6.30. The van der Waals surface area contributed by atoms with Gasteiger partial charge in [-0.05, 0) is 55.0 Å². The summed E-state index contributed by atoms with van der Waals surface area (Å²) in [7, 11) is 0. The number of hydrogen-bond acceptors (Lipinski definition) is 7. The first-order chi connectivity index (χ1) is 18.0. The number of nitrogens with one attached hydrogen (secondary N) is 1. The Morgan fingerprint density at radius 3 is 2.84 bits per heavy atom. The number of ether oxygens (including phenoxy) is 2. The molecule has 0 unspecified atom stereocenters. The predicted octanol–water partition coefficient (Wildman–Crippen LogP) is 4.34. The number of nitrogens with zero attached hydrogens (tertiary/aromatic N) is 3. The SMILES string of the molecule is Cc1nc(N2CCOCC2)nc2c1-c1cc(CNc3ccc4c(c3)OC[C@H]4CC(=O)O)ccc1CCC2. The average molecular weight is 501 g/mol. The van der Waals surface area contributed by atoms with E-state index >= 15 is 0 Å². The van der Waals surface area contributed by atoms with Gasteiger partial charge in [0.05, 0.1) is 37.6 Å². The van der Waals surface area contributed by atoms with Crippen molar-refractivity contribution in [2.24, 2.45) is 0 Å². The molecule has 192 valence electrons. The maximum absolute atomic E-state index is 11.1. The fourth-order valence-corrected chi connectivity index (χ4v) is 5.65. The highest BCUT2D eigenvalue weighted by atomic mass is 16.5. The Balaban J connectivity index is 1.23. The summed E-state index contributed by atoms with van der Waals surface area (Å²) in [5, 5.41) is 12.6. The molecule has 2 aromatic carbocycles. The lowest BCUT2D eigenvalue weighted by Crippen LogP contribution is -2.37. The van der Waals surface area contributed by atoms with Gasteiger partial charge in [0.2, 0.25) is 5.95 Å². The standard InChI is InChI=1S/C29H32N4O4/c1-18-28-24-13-19(16-30-22-7-8-23-21(14-27(34)35)17-37-26(23)15-22)5-6-20(24)3-2-4-25(28)32-29(31-18)33-9-11-36-12-10-33/h5-8,13,15,21,30H,2-4,9-12,14,16-17H2,1H3,(H,34,35)/t21-/m1/s1. The summed E-state index contributed by atoms with van der Waals surface area (Å²) in [5.74, 6) is 0.716. The van der Waals surface area contributed by atoms with Gasteiger partial charge in [-0.3, -0.25) is 4.79 Å². The molecule has 1 saturated heterocycles. The molecule has 0 bridgehead atoms. The number of hydrogen-bond donors (Lipinski definition) is 2. The second-order valence-electron chi connectivity index (χ2n) is 10.1. The third-order valence-corrected chi connectivity index (χ3v) is 7.56. The van der Waals surface area contributed by atoms with Crippen LogP contribution in [0.3, 0.4) is 0 Å². The topological polar surface area (TPSA) is 96.8 Å². The van der Waals surface area contributed by atoms with Crippen molar-refractivity contribution in [3.05, 3.63) is 64.5 Å². The van der Waals surface area contributed by atoms with E-state index in [0.717, 1.165) is 79.9 Å². The second-order valence-corrected chi connectivity index (χ2v) is 10.1. The molecule has 0 amide bonds. The lowest BCUT2D eigenvalue weighted by molar-refractivity contribution is -0.137. The van der Waals surface area contributed by atoms with Crippen LogP contribution in [0.1, 0.15) is 46.8 Å². The predicted molar refractivity (Wildman–Crippen MR) is 142 cm³/mol. The summed E-state index contributed by atoms with van der Waals surface area (Å²) >= 11 is 0. The summed E-state index contributed by atoms with van der Waals surface area (Å²) in [4.78, 5) is 23.3. The molecule has 2 aliphatic heterocycles. The van der Waals surface area contributed by atoms with E-state index in [2.05, 4.69) is 35.3 Å². The van der Waals surface area contributed by atoms with E-state index in [9.17, 15) is 4.79 Å². The van der Waals surface area contributed by atoms with Crippen molar-refractivity contribution in [1.82, 2.24) is 9.97 Å². The zero-order valence-electron chi connectivity index (χ0n) is 21.1. The highest BCUT2D eigenvalue weighted by Gasteiger charge is 2.27. The fourth-order valence-electron chi connectivity index (χ4n) is 5.65. The highest BCUT2D eigenvalue weighted by Crippen LogP contribution is 2.38. The molecule has 37 heavy (non-hydrogen) atoms. The van der Waals surface area contributed by atoms with Crippen molar-refractivity contribution >= 4 is 17.6 Å². The van der Waals surface area contributed by atoms with E-state index in [1.807, 2.05) is 18.2 Å². The number of carboxylic acids is 1. The third kappa shape index (κ3) is 4.85. The minimum atomic E-state index is -0.800. The zero-order chi connectivity index (χ0) is 25.4. The van der Waals surface area contributed by atoms with E-state index in [1.54, 1.807) is 0 Å². The Hall–Kier alpha value is -3.65. The molecule has 8 nitrogen and oxygen atoms in total. The molecular weight excluding hydrogens is 468 g/mol. The summed E-state index contributed by atoms with van der Waals surface area (Å²) in [5.41, 5.74) is 9.07. The van der Waals surface area contributed by atoms with Crippen molar-refractivity contribution in [1.29, 1.82) is 0 Å². The van der Waals surface area contributed by atoms with Crippen molar-refractivity contribution in [3.8, 4) is 16.9 Å². The number of aliphatic carboxylic acids is 1. The van der Waals surface area contributed by atoms with E-state index < -0.39 is 5.97 Å². The molecule has 3 aliphatic rings. The van der Waals surface area contributed by atoms with Gasteiger partial charge in [0.15, 0.2) is 0 Å². The van der Waals surface area contributed by atoms with Crippen LogP contribution < -0.4 is 15.0 Å². The summed E-state index contributed by atoms with van der Waals surface area (Å²) in [6, 6.07) is 12.7. The Kier molecular flexibility index (Phi) is 6.42. The molecule has 8 heteroatoms. The summed E-state index contributed by atoms with van der Waals surface area (Å²) < 4.78 is 11.3. The van der Waals surface area contributed by atoms with Crippen LogP contribution >= 0.6 is 0 Å². The lowest BCUT2D eigenvalue weighted by Gasteiger charge is -2.28.